The largest absolute Gasteiger partial charge is 0.496 e. The molecule has 10 nitrogen and oxygen atoms in total. The first kappa shape index (κ1) is 21.0. The molecule has 2 fully saturated rings. The molecular weight excluding hydrogens is 378 g/mol. The number of carbonyl (C=O) groups excluding carboxylic acids is 2. The molecule has 29 heavy (non-hydrogen) atoms. The lowest BCUT2D eigenvalue weighted by Crippen LogP contribution is -2.54. The van der Waals surface area contributed by atoms with Crippen LogP contribution in [-0.2, 0) is 9.59 Å². The zero-order chi connectivity index (χ0) is 21.0. The van der Waals surface area contributed by atoms with E-state index in [0.29, 0.717) is 44.5 Å². The summed E-state index contributed by atoms with van der Waals surface area (Å²) in [5.41, 5.74) is -0.0700. The van der Waals surface area contributed by atoms with Crippen LogP contribution in [-0.4, -0.2) is 78.5 Å². The Kier molecular flexibility index (Phi) is 6.65. The zero-order valence-electron chi connectivity index (χ0n) is 16.7. The fraction of sp³-hybridized carbons (Fsp3) is 0.579. The second kappa shape index (κ2) is 9.19. The number of nitro groups is 1. The Morgan fingerprint density at radius 1 is 1.28 bits per heavy atom. The highest BCUT2D eigenvalue weighted by molar-refractivity contribution is 5.96. The molecule has 2 aliphatic rings. The lowest BCUT2D eigenvalue weighted by Gasteiger charge is -2.37. The molecule has 1 aromatic rings. The Hall–Kier alpha value is -2.72. The number of methoxy groups -OCH3 is 1. The summed E-state index contributed by atoms with van der Waals surface area (Å²) in [6, 6.07) is 4.23. The summed E-state index contributed by atoms with van der Waals surface area (Å²) in [6.45, 7) is 4.84. The van der Waals surface area contributed by atoms with Crippen molar-refractivity contribution in [3.63, 3.8) is 0 Å². The number of piperazine rings is 1. The Labute approximate surface area is 169 Å². The lowest BCUT2D eigenvalue weighted by atomic mass is 10.2. The number of anilines is 1. The molecule has 1 aliphatic heterocycles. The number of nitrogens with one attached hydrogen (secondary N) is 2. The second-order valence-electron chi connectivity index (χ2n) is 7.46. The number of ether oxygens (including phenoxy) is 1. The van der Waals surface area contributed by atoms with Gasteiger partial charge in [-0.15, -0.1) is 0 Å². The SMILES string of the molecule is COc1ccc(NC(=O)C(C)N2CCN(CC(=O)NC3CC3)CC2)c([N+](=O)[O-])c1. The van der Waals surface area contributed by atoms with Gasteiger partial charge in [0, 0.05) is 32.2 Å². The average Bonchev–Trinajstić information content (AvgIpc) is 3.51. The summed E-state index contributed by atoms with van der Waals surface area (Å²) in [4.78, 5) is 39.4. The molecule has 1 heterocycles. The number of benzene rings is 1. The highest BCUT2D eigenvalue weighted by Gasteiger charge is 2.29. The molecule has 1 atom stereocenters. The minimum Gasteiger partial charge on any atom is -0.496 e. The van der Waals surface area contributed by atoms with Crippen LogP contribution in [0.15, 0.2) is 18.2 Å². The first-order chi connectivity index (χ1) is 13.9. The second-order valence-corrected chi connectivity index (χ2v) is 7.46. The first-order valence-electron chi connectivity index (χ1n) is 9.76. The van der Waals surface area contributed by atoms with Crippen LogP contribution in [0.3, 0.4) is 0 Å². The molecule has 1 unspecified atom stereocenters. The number of hydrogen-bond donors (Lipinski definition) is 2. The Morgan fingerprint density at radius 3 is 2.55 bits per heavy atom. The summed E-state index contributed by atoms with van der Waals surface area (Å²) in [7, 11) is 1.43. The molecule has 158 valence electrons. The number of amides is 2. The van der Waals surface area contributed by atoms with E-state index in [-0.39, 0.29) is 23.2 Å². The standard InChI is InChI=1S/C19H27N5O5/c1-13(19(26)21-16-6-5-15(29-2)11-17(16)24(27)28)23-9-7-22(8-10-23)12-18(25)20-14-3-4-14/h5-6,11,13-14H,3-4,7-10,12H2,1-2H3,(H,20,25)(H,21,26). The van der Waals surface area contributed by atoms with Gasteiger partial charge in [0.1, 0.15) is 11.4 Å². The summed E-state index contributed by atoms with van der Waals surface area (Å²) in [6.07, 6.45) is 2.14. The van der Waals surface area contributed by atoms with Gasteiger partial charge >= 0.3 is 0 Å². The third kappa shape index (κ3) is 5.64. The molecule has 1 aromatic carbocycles. The van der Waals surface area contributed by atoms with Crippen LogP contribution in [0.1, 0.15) is 19.8 Å². The number of carbonyl (C=O) groups is 2. The van der Waals surface area contributed by atoms with Crippen LogP contribution in [0.25, 0.3) is 0 Å². The number of nitro benzene ring substituents is 1. The van der Waals surface area contributed by atoms with Gasteiger partial charge in [-0.05, 0) is 31.9 Å². The van der Waals surface area contributed by atoms with Crippen LogP contribution in [0, 0.1) is 10.1 Å². The molecule has 0 bridgehead atoms. The average molecular weight is 405 g/mol. The van der Waals surface area contributed by atoms with Gasteiger partial charge in [-0.2, -0.15) is 0 Å². The summed E-state index contributed by atoms with van der Waals surface area (Å²) < 4.78 is 5.01. The van der Waals surface area contributed by atoms with Crippen LogP contribution < -0.4 is 15.4 Å². The van der Waals surface area contributed by atoms with Crippen LogP contribution in [0.5, 0.6) is 5.75 Å². The maximum absolute atomic E-state index is 12.6. The van der Waals surface area contributed by atoms with Gasteiger partial charge < -0.3 is 15.4 Å². The molecular formula is C19H27N5O5. The predicted molar refractivity (Wildman–Crippen MR) is 107 cm³/mol. The molecule has 3 rings (SSSR count). The fourth-order valence-electron chi connectivity index (χ4n) is 3.31. The van der Waals surface area contributed by atoms with Gasteiger partial charge in [-0.1, -0.05) is 0 Å². The fourth-order valence-corrected chi connectivity index (χ4v) is 3.31. The van der Waals surface area contributed by atoms with Crippen LogP contribution in [0.2, 0.25) is 0 Å². The molecule has 0 aromatic heterocycles. The van der Waals surface area contributed by atoms with Crippen molar-refractivity contribution in [1.82, 2.24) is 15.1 Å². The lowest BCUT2D eigenvalue weighted by molar-refractivity contribution is -0.384. The van der Waals surface area contributed by atoms with Gasteiger partial charge in [0.25, 0.3) is 5.69 Å². The number of rotatable bonds is 8. The Morgan fingerprint density at radius 2 is 1.97 bits per heavy atom. The Balaban J connectivity index is 1.52. The van der Waals surface area contributed by atoms with Crippen molar-refractivity contribution in [1.29, 1.82) is 0 Å². The number of nitrogens with zero attached hydrogens (tertiary/aromatic N) is 3. The highest BCUT2D eigenvalue weighted by atomic mass is 16.6. The molecule has 1 aliphatic carbocycles. The van der Waals surface area contributed by atoms with Crippen molar-refractivity contribution < 1.29 is 19.2 Å². The zero-order valence-corrected chi connectivity index (χ0v) is 16.7. The van der Waals surface area contributed by atoms with E-state index in [1.807, 2.05) is 4.90 Å². The first-order valence-corrected chi connectivity index (χ1v) is 9.76. The highest BCUT2D eigenvalue weighted by Crippen LogP contribution is 2.29. The molecule has 1 saturated carbocycles. The topological polar surface area (TPSA) is 117 Å². The summed E-state index contributed by atoms with van der Waals surface area (Å²) in [5.74, 6) is 0.0985. The summed E-state index contributed by atoms with van der Waals surface area (Å²) in [5, 5.41) is 16.9. The molecule has 1 saturated heterocycles. The maximum Gasteiger partial charge on any atom is 0.296 e. The van der Waals surface area contributed by atoms with Crippen molar-refractivity contribution in [3.05, 3.63) is 28.3 Å². The van der Waals surface area contributed by atoms with E-state index < -0.39 is 11.0 Å². The normalized spacial score (nSPS) is 18.7. The minimum absolute atomic E-state index is 0.0542. The van der Waals surface area contributed by atoms with E-state index in [2.05, 4.69) is 15.5 Å². The van der Waals surface area contributed by atoms with Gasteiger partial charge in [-0.25, -0.2) is 0 Å². The van der Waals surface area contributed by atoms with Gasteiger partial charge in [-0.3, -0.25) is 29.5 Å². The van der Waals surface area contributed by atoms with E-state index >= 15 is 0 Å². The van der Waals surface area contributed by atoms with Crippen molar-refractivity contribution in [3.8, 4) is 5.75 Å². The van der Waals surface area contributed by atoms with E-state index in [1.54, 1.807) is 13.0 Å². The smallest absolute Gasteiger partial charge is 0.296 e. The van der Waals surface area contributed by atoms with Crippen molar-refractivity contribution in [2.24, 2.45) is 0 Å². The van der Waals surface area contributed by atoms with Gasteiger partial charge in [0.15, 0.2) is 0 Å². The molecule has 0 spiro atoms. The molecule has 10 heteroatoms. The monoisotopic (exact) mass is 405 g/mol. The van der Waals surface area contributed by atoms with E-state index in [4.69, 9.17) is 4.74 Å². The molecule has 0 radical (unpaired) electrons. The minimum atomic E-state index is -0.547. The molecule has 2 amide bonds. The van der Waals surface area contributed by atoms with E-state index in [1.165, 1.54) is 19.2 Å². The maximum atomic E-state index is 12.6. The quantitative estimate of drug-likeness (QED) is 0.486. The van der Waals surface area contributed by atoms with Crippen LogP contribution in [0.4, 0.5) is 11.4 Å². The van der Waals surface area contributed by atoms with Gasteiger partial charge in [0.05, 0.1) is 30.7 Å². The van der Waals surface area contributed by atoms with Crippen molar-refractivity contribution >= 4 is 23.2 Å². The predicted octanol–water partition coefficient (Wildman–Crippen LogP) is 0.827. The third-order valence-electron chi connectivity index (χ3n) is 5.30. The Bertz CT molecular complexity index is 774. The van der Waals surface area contributed by atoms with Crippen LogP contribution >= 0.6 is 0 Å². The third-order valence-corrected chi connectivity index (χ3v) is 5.30. The van der Waals surface area contributed by atoms with Crippen molar-refractivity contribution in [2.75, 3.05) is 45.2 Å². The van der Waals surface area contributed by atoms with E-state index in [9.17, 15) is 19.7 Å². The molecule has 2 N–H and O–H groups in total. The van der Waals surface area contributed by atoms with E-state index in [0.717, 1.165) is 12.8 Å². The summed E-state index contributed by atoms with van der Waals surface area (Å²) >= 11 is 0. The number of hydrogen-bond acceptors (Lipinski definition) is 7. The van der Waals surface area contributed by atoms with Crippen molar-refractivity contribution in [2.45, 2.75) is 31.8 Å². The van der Waals surface area contributed by atoms with Gasteiger partial charge in [0.2, 0.25) is 11.8 Å².